The average Bonchev–Trinajstić information content (AvgIpc) is 2.59. The van der Waals surface area contributed by atoms with Crippen LogP contribution in [0.4, 0.5) is 4.39 Å². The van der Waals surface area contributed by atoms with Crippen LogP contribution in [0.15, 0.2) is 42.5 Å². The third-order valence-electron chi connectivity index (χ3n) is 3.65. The molecule has 1 N–H and O–H groups in total. The van der Waals surface area contributed by atoms with Gasteiger partial charge in [0.05, 0.1) is 19.8 Å². The van der Waals surface area contributed by atoms with E-state index < -0.39 is 0 Å². The Morgan fingerprint density at radius 2 is 1.87 bits per heavy atom. The monoisotopic (exact) mass is 317 g/mol. The van der Waals surface area contributed by atoms with Crippen molar-refractivity contribution >= 4 is 5.97 Å². The largest absolute Gasteiger partial charge is 0.496 e. The summed E-state index contributed by atoms with van der Waals surface area (Å²) in [7, 11) is 2.92. The summed E-state index contributed by atoms with van der Waals surface area (Å²) >= 11 is 0. The van der Waals surface area contributed by atoms with Gasteiger partial charge in [0.2, 0.25) is 0 Å². The van der Waals surface area contributed by atoms with Crippen molar-refractivity contribution in [3.05, 3.63) is 65.0 Å². The van der Waals surface area contributed by atoms with Crippen molar-refractivity contribution in [1.29, 1.82) is 0 Å². The van der Waals surface area contributed by atoms with Gasteiger partial charge in [-0.25, -0.2) is 9.18 Å². The highest BCUT2D eigenvalue weighted by molar-refractivity contribution is 5.89. The molecular weight excluding hydrogens is 297 g/mol. The number of carbonyl (C=O) groups is 1. The van der Waals surface area contributed by atoms with Crippen LogP contribution in [0.2, 0.25) is 0 Å². The molecule has 2 rings (SSSR count). The quantitative estimate of drug-likeness (QED) is 0.829. The summed E-state index contributed by atoms with van der Waals surface area (Å²) < 4.78 is 23.4. The Morgan fingerprint density at radius 3 is 2.48 bits per heavy atom. The van der Waals surface area contributed by atoms with E-state index in [0.29, 0.717) is 17.9 Å². The van der Waals surface area contributed by atoms with E-state index in [1.54, 1.807) is 25.3 Å². The number of hydrogen-bond acceptors (Lipinski definition) is 4. The minimum absolute atomic E-state index is 0.0825. The van der Waals surface area contributed by atoms with Gasteiger partial charge in [-0.2, -0.15) is 0 Å². The third-order valence-corrected chi connectivity index (χ3v) is 3.65. The second kappa shape index (κ2) is 7.74. The van der Waals surface area contributed by atoms with Crippen LogP contribution in [0, 0.1) is 5.82 Å². The first-order chi connectivity index (χ1) is 11.0. The molecular formula is C18H20FNO3. The van der Waals surface area contributed by atoms with Crippen LogP contribution in [-0.4, -0.2) is 20.2 Å². The zero-order valence-corrected chi connectivity index (χ0v) is 13.4. The smallest absolute Gasteiger partial charge is 0.337 e. The summed E-state index contributed by atoms with van der Waals surface area (Å²) in [5.41, 5.74) is 2.29. The molecule has 4 nitrogen and oxygen atoms in total. The first-order valence-corrected chi connectivity index (χ1v) is 7.29. The molecule has 0 amide bonds. The number of hydrogen-bond donors (Lipinski definition) is 1. The van der Waals surface area contributed by atoms with Gasteiger partial charge < -0.3 is 14.8 Å². The standard InChI is InChI=1S/C18H20FNO3/c1-12(16-10-15(19)8-9-17(16)22-2)20-11-13-4-6-14(7-5-13)18(21)23-3/h4-10,12,20H,11H2,1-3H3. The maximum atomic E-state index is 13.4. The summed E-state index contributed by atoms with van der Waals surface area (Å²) in [6.07, 6.45) is 0. The van der Waals surface area contributed by atoms with Gasteiger partial charge in [-0.15, -0.1) is 0 Å². The van der Waals surface area contributed by atoms with Gasteiger partial charge in [0.25, 0.3) is 0 Å². The van der Waals surface area contributed by atoms with E-state index in [0.717, 1.165) is 11.1 Å². The van der Waals surface area contributed by atoms with Crippen LogP contribution < -0.4 is 10.1 Å². The normalized spacial score (nSPS) is 11.8. The molecule has 2 aromatic carbocycles. The minimum atomic E-state index is -0.359. The van der Waals surface area contributed by atoms with Crippen molar-refractivity contribution in [2.45, 2.75) is 19.5 Å². The highest BCUT2D eigenvalue weighted by Gasteiger charge is 2.12. The molecule has 0 aliphatic carbocycles. The summed E-state index contributed by atoms with van der Waals surface area (Å²) in [5, 5.41) is 3.32. The SMILES string of the molecule is COC(=O)c1ccc(CNC(C)c2cc(F)ccc2OC)cc1. The molecule has 0 heterocycles. The lowest BCUT2D eigenvalue weighted by atomic mass is 10.1. The van der Waals surface area contributed by atoms with Gasteiger partial charge in [-0.3, -0.25) is 0 Å². The number of halogens is 1. The van der Waals surface area contributed by atoms with E-state index in [2.05, 4.69) is 10.1 Å². The minimum Gasteiger partial charge on any atom is -0.496 e. The molecule has 0 radical (unpaired) electrons. The first kappa shape index (κ1) is 17.0. The van der Waals surface area contributed by atoms with Gasteiger partial charge in [0.1, 0.15) is 11.6 Å². The highest BCUT2D eigenvalue weighted by atomic mass is 19.1. The first-order valence-electron chi connectivity index (χ1n) is 7.29. The summed E-state index contributed by atoms with van der Waals surface area (Å²) in [4.78, 5) is 11.4. The maximum absolute atomic E-state index is 13.4. The van der Waals surface area contributed by atoms with Crippen LogP contribution in [0.3, 0.4) is 0 Å². The number of rotatable bonds is 6. The Labute approximate surface area is 135 Å². The predicted molar refractivity (Wildman–Crippen MR) is 86.0 cm³/mol. The summed E-state index contributed by atoms with van der Waals surface area (Å²) in [6.45, 7) is 2.53. The van der Waals surface area contributed by atoms with Gasteiger partial charge in [-0.05, 0) is 42.8 Å². The molecule has 1 atom stereocenters. The van der Waals surface area contributed by atoms with E-state index in [4.69, 9.17) is 4.74 Å². The third kappa shape index (κ3) is 4.29. The zero-order valence-electron chi connectivity index (χ0n) is 13.4. The number of esters is 1. The molecule has 0 bridgehead atoms. The Morgan fingerprint density at radius 1 is 1.17 bits per heavy atom. The number of ether oxygens (including phenoxy) is 2. The average molecular weight is 317 g/mol. The van der Waals surface area contributed by atoms with Crippen molar-refractivity contribution in [3.8, 4) is 5.75 Å². The number of carbonyl (C=O) groups excluding carboxylic acids is 1. The fourth-order valence-corrected chi connectivity index (χ4v) is 2.30. The molecule has 5 heteroatoms. The molecule has 0 saturated carbocycles. The maximum Gasteiger partial charge on any atom is 0.337 e. The highest BCUT2D eigenvalue weighted by Crippen LogP contribution is 2.26. The van der Waals surface area contributed by atoms with Crippen molar-refractivity contribution < 1.29 is 18.7 Å². The fourth-order valence-electron chi connectivity index (χ4n) is 2.30. The van der Waals surface area contributed by atoms with Gasteiger partial charge in [0, 0.05) is 18.2 Å². The second-order valence-electron chi connectivity index (χ2n) is 5.18. The molecule has 0 spiro atoms. The van der Waals surface area contributed by atoms with Crippen LogP contribution in [0.25, 0.3) is 0 Å². The summed E-state index contributed by atoms with van der Waals surface area (Å²) in [5.74, 6) is -0.00769. The second-order valence-corrected chi connectivity index (χ2v) is 5.18. The van der Waals surface area contributed by atoms with Crippen LogP contribution in [0.1, 0.15) is 34.5 Å². The van der Waals surface area contributed by atoms with Crippen LogP contribution in [-0.2, 0) is 11.3 Å². The lowest BCUT2D eigenvalue weighted by Gasteiger charge is -2.17. The van der Waals surface area contributed by atoms with Crippen LogP contribution in [0.5, 0.6) is 5.75 Å². The van der Waals surface area contributed by atoms with E-state index in [1.165, 1.54) is 19.2 Å². The Kier molecular flexibility index (Phi) is 5.71. The number of benzene rings is 2. The van der Waals surface area contributed by atoms with Gasteiger partial charge >= 0.3 is 5.97 Å². The van der Waals surface area contributed by atoms with E-state index in [1.807, 2.05) is 19.1 Å². The van der Waals surface area contributed by atoms with E-state index >= 15 is 0 Å². The molecule has 0 fully saturated rings. The van der Waals surface area contributed by atoms with Gasteiger partial charge in [-0.1, -0.05) is 12.1 Å². The Hall–Kier alpha value is -2.40. The molecule has 0 saturated heterocycles. The Bertz CT molecular complexity index is 670. The topological polar surface area (TPSA) is 47.6 Å². The van der Waals surface area contributed by atoms with Crippen LogP contribution >= 0.6 is 0 Å². The summed E-state index contributed by atoms with van der Waals surface area (Å²) in [6, 6.07) is 11.5. The molecule has 2 aromatic rings. The van der Waals surface area contributed by atoms with E-state index in [-0.39, 0.29) is 17.8 Å². The Balaban J connectivity index is 2.03. The van der Waals surface area contributed by atoms with Crippen molar-refractivity contribution in [2.24, 2.45) is 0 Å². The zero-order chi connectivity index (χ0) is 16.8. The van der Waals surface area contributed by atoms with Crippen molar-refractivity contribution in [1.82, 2.24) is 5.32 Å². The molecule has 23 heavy (non-hydrogen) atoms. The molecule has 0 aliphatic heterocycles. The molecule has 0 aliphatic rings. The van der Waals surface area contributed by atoms with Gasteiger partial charge in [0.15, 0.2) is 0 Å². The van der Waals surface area contributed by atoms with Crippen molar-refractivity contribution in [3.63, 3.8) is 0 Å². The predicted octanol–water partition coefficient (Wildman–Crippen LogP) is 3.47. The lowest BCUT2D eigenvalue weighted by Crippen LogP contribution is -2.19. The fraction of sp³-hybridized carbons (Fsp3) is 0.278. The van der Waals surface area contributed by atoms with E-state index in [9.17, 15) is 9.18 Å². The lowest BCUT2D eigenvalue weighted by molar-refractivity contribution is 0.0600. The van der Waals surface area contributed by atoms with Crippen molar-refractivity contribution in [2.75, 3.05) is 14.2 Å². The number of nitrogens with one attached hydrogen (secondary N) is 1. The molecule has 1 unspecified atom stereocenters. The number of methoxy groups -OCH3 is 2. The molecule has 122 valence electrons. The molecule has 0 aromatic heterocycles.